The maximum atomic E-state index is 12.7. The van der Waals surface area contributed by atoms with Crippen LogP contribution in [-0.4, -0.2) is 19.6 Å². The van der Waals surface area contributed by atoms with Gasteiger partial charge in [-0.2, -0.15) is 0 Å². The van der Waals surface area contributed by atoms with Gasteiger partial charge in [0.2, 0.25) is 0 Å². The lowest BCUT2D eigenvalue weighted by atomic mass is 9.78. The highest BCUT2D eigenvalue weighted by Crippen LogP contribution is 2.54. The van der Waals surface area contributed by atoms with Crippen LogP contribution in [0.15, 0.2) is 188 Å². The fourth-order valence-corrected chi connectivity index (χ4v) is 11.1. The van der Waals surface area contributed by atoms with Crippen molar-refractivity contribution in [2.45, 2.75) is 97.8 Å². The molecule has 0 saturated heterocycles. The lowest BCUT2D eigenvalue weighted by Crippen LogP contribution is -2.17. The number of benzene rings is 8. The van der Waals surface area contributed by atoms with Gasteiger partial charge in [-0.3, -0.25) is 9.55 Å². The third-order valence-electron chi connectivity index (χ3n) is 15.2. The molecule has 362 valence electrons. The van der Waals surface area contributed by atoms with Gasteiger partial charge in [0.05, 0.1) is 28.0 Å². The minimum Gasteiger partial charge on any atom is -0.507 e. The number of para-hydroxylation sites is 1. The predicted octanol–water partition coefficient (Wildman–Crippen LogP) is 18.3. The van der Waals surface area contributed by atoms with E-state index in [2.05, 4.69) is 263 Å². The first-order chi connectivity index (χ1) is 34.8. The normalized spacial score (nSPS) is 13.3. The zero-order chi connectivity index (χ0) is 51.2. The van der Waals surface area contributed by atoms with E-state index in [1.165, 1.54) is 38.9 Å². The van der Waals surface area contributed by atoms with E-state index in [9.17, 15) is 5.11 Å². The molecule has 11 rings (SSSR count). The Hall–Kier alpha value is -7.82. The van der Waals surface area contributed by atoms with Crippen LogP contribution in [0.3, 0.4) is 0 Å². The number of hydrogen-bond acceptors (Lipinski definition) is 3. The van der Waals surface area contributed by atoms with Gasteiger partial charge in [0, 0.05) is 33.9 Å². The summed E-state index contributed by atoms with van der Waals surface area (Å²) >= 11 is 0. The van der Waals surface area contributed by atoms with Gasteiger partial charge in [-0.05, 0) is 132 Å². The molecule has 10 aromatic rings. The first-order valence-corrected chi connectivity index (χ1v) is 25.8. The molecule has 0 aliphatic heterocycles. The highest BCUT2D eigenvalue weighted by Gasteiger charge is 2.39. The van der Waals surface area contributed by atoms with Crippen molar-refractivity contribution in [3.05, 3.63) is 216 Å². The lowest BCUT2D eigenvalue weighted by molar-refractivity contribution is 0.446. The van der Waals surface area contributed by atoms with Crippen LogP contribution in [0.1, 0.15) is 104 Å². The third-order valence-corrected chi connectivity index (χ3v) is 15.2. The second-order valence-corrected chi connectivity index (χ2v) is 23.7. The van der Waals surface area contributed by atoms with Gasteiger partial charge in [-0.25, -0.2) is 4.98 Å². The minimum atomic E-state index is -0.340. The van der Waals surface area contributed by atoms with Crippen molar-refractivity contribution in [2.24, 2.45) is 0 Å². The molecule has 2 heterocycles. The summed E-state index contributed by atoms with van der Waals surface area (Å²) in [6, 6.07) is 65.9. The van der Waals surface area contributed by atoms with Crippen LogP contribution in [0.2, 0.25) is 0 Å². The molecule has 1 N–H and O–H groups in total. The molecule has 2 aromatic heterocycles. The third kappa shape index (κ3) is 8.37. The van der Waals surface area contributed by atoms with Gasteiger partial charge in [-0.15, -0.1) is 0 Å². The van der Waals surface area contributed by atoms with Crippen LogP contribution >= 0.6 is 0 Å². The molecule has 0 atom stereocenters. The Balaban J connectivity index is 1.19. The quantitative estimate of drug-likeness (QED) is 0.173. The summed E-state index contributed by atoms with van der Waals surface area (Å²) in [5.74, 6) is 0.947. The van der Waals surface area contributed by atoms with Gasteiger partial charge < -0.3 is 5.11 Å². The number of pyridine rings is 1. The molecule has 0 bridgehead atoms. The van der Waals surface area contributed by atoms with Gasteiger partial charge in [0.1, 0.15) is 11.6 Å². The Labute approximate surface area is 432 Å². The van der Waals surface area contributed by atoms with Crippen molar-refractivity contribution in [1.82, 2.24) is 14.5 Å². The summed E-state index contributed by atoms with van der Waals surface area (Å²) in [4.78, 5) is 11.0. The fraction of sp³-hybridized carbons (Fsp3) is 0.217. The van der Waals surface area contributed by atoms with E-state index in [1.807, 2.05) is 6.20 Å². The highest BCUT2D eigenvalue weighted by molar-refractivity contribution is 6.00. The number of aromatic nitrogens is 3. The maximum Gasteiger partial charge on any atom is 0.149 e. The molecule has 8 aromatic carbocycles. The molecule has 1 aliphatic carbocycles. The monoisotopic (exact) mass is 952 g/mol. The van der Waals surface area contributed by atoms with Crippen molar-refractivity contribution < 1.29 is 5.11 Å². The summed E-state index contributed by atoms with van der Waals surface area (Å²) in [6.45, 7) is 24.8. The molecular weight excluding hydrogens is 887 g/mol. The fourth-order valence-electron chi connectivity index (χ4n) is 11.1. The van der Waals surface area contributed by atoms with E-state index in [0.717, 1.165) is 72.5 Å². The van der Waals surface area contributed by atoms with Crippen LogP contribution in [0.5, 0.6) is 5.75 Å². The molecule has 0 saturated carbocycles. The summed E-state index contributed by atoms with van der Waals surface area (Å²) in [5, 5.41) is 12.7. The molecule has 73 heavy (non-hydrogen) atoms. The number of phenols is 1. The number of hydrogen-bond donors (Lipinski definition) is 1. The smallest absolute Gasteiger partial charge is 0.149 e. The maximum absolute atomic E-state index is 12.7. The second kappa shape index (κ2) is 17.4. The molecule has 0 unspecified atom stereocenters. The van der Waals surface area contributed by atoms with Gasteiger partial charge in [-0.1, -0.05) is 210 Å². The van der Waals surface area contributed by atoms with E-state index in [4.69, 9.17) is 9.97 Å². The number of phenolic OH excluding ortho intramolecular Hbond substituents is 1. The van der Waals surface area contributed by atoms with Crippen LogP contribution < -0.4 is 0 Å². The molecule has 0 radical (unpaired) electrons. The first kappa shape index (κ1) is 47.5. The Kier molecular flexibility index (Phi) is 11.4. The van der Waals surface area contributed by atoms with E-state index in [0.29, 0.717) is 11.4 Å². The zero-order valence-corrected chi connectivity index (χ0v) is 44.2. The van der Waals surface area contributed by atoms with Crippen molar-refractivity contribution in [3.63, 3.8) is 0 Å². The van der Waals surface area contributed by atoms with E-state index >= 15 is 0 Å². The SMILES string of the molecule is CC(C)(C)c1ccc(-n2c(-c3cc(C(C)(C)C)cc(C(C)(C)C)c3O)nc3c(-c4cc(-c5cc(-c6ccc(-c7ccccc7)cc6)ccn5)c5c(c4)-c4ccccc4C5(C)C)cccc32)c(-c2ccccc2)c1. The van der Waals surface area contributed by atoms with E-state index in [-0.39, 0.29) is 27.4 Å². The second-order valence-electron chi connectivity index (χ2n) is 23.7. The van der Waals surface area contributed by atoms with Crippen molar-refractivity contribution in [2.75, 3.05) is 0 Å². The molecule has 0 fully saturated rings. The largest absolute Gasteiger partial charge is 0.507 e. The Morgan fingerprint density at radius 1 is 0.438 bits per heavy atom. The van der Waals surface area contributed by atoms with E-state index in [1.54, 1.807) is 0 Å². The summed E-state index contributed by atoms with van der Waals surface area (Å²) in [7, 11) is 0. The van der Waals surface area contributed by atoms with Crippen LogP contribution in [0, 0.1) is 0 Å². The van der Waals surface area contributed by atoms with Crippen molar-refractivity contribution >= 4 is 11.0 Å². The number of fused-ring (bicyclic) bond motifs is 4. The molecule has 4 nitrogen and oxygen atoms in total. The predicted molar refractivity (Wildman–Crippen MR) is 307 cm³/mol. The molecule has 0 amide bonds. The molecule has 4 heteroatoms. The molecular formula is C69H65N3O. The first-order valence-electron chi connectivity index (χ1n) is 25.8. The lowest BCUT2D eigenvalue weighted by Gasteiger charge is -2.28. The van der Waals surface area contributed by atoms with Crippen LogP contribution in [0.4, 0.5) is 0 Å². The average Bonchev–Trinajstić information content (AvgIpc) is 3.87. The molecule has 0 spiro atoms. The highest BCUT2D eigenvalue weighted by atomic mass is 16.3. The summed E-state index contributed by atoms with van der Waals surface area (Å²) in [5.41, 5.74) is 21.8. The Morgan fingerprint density at radius 2 is 1.03 bits per heavy atom. The number of rotatable bonds is 7. The van der Waals surface area contributed by atoms with Crippen LogP contribution in [0.25, 0.3) is 95.0 Å². The summed E-state index contributed by atoms with van der Waals surface area (Å²) < 4.78 is 2.31. The summed E-state index contributed by atoms with van der Waals surface area (Å²) in [6.07, 6.45) is 1.96. The Bertz CT molecular complexity index is 3740. The van der Waals surface area contributed by atoms with Crippen molar-refractivity contribution in [3.8, 4) is 89.7 Å². The van der Waals surface area contributed by atoms with Gasteiger partial charge in [0.15, 0.2) is 0 Å². The number of aromatic hydroxyl groups is 1. The van der Waals surface area contributed by atoms with Gasteiger partial charge in [0.25, 0.3) is 0 Å². The number of nitrogens with zero attached hydrogens (tertiary/aromatic N) is 3. The Morgan fingerprint density at radius 3 is 1.70 bits per heavy atom. The van der Waals surface area contributed by atoms with Crippen LogP contribution in [-0.2, 0) is 21.7 Å². The zero-order valence-electron chi connectivity index (χ0n) is 44.2. The van der Waals surface area contributed by atoms with E-state index < -0.39 is 0 Å². The standard InChI is InChI=1S/C69H65N3O/c1-66(2,3)49-33-34-60(53(40-49)46-23-16-13-17-24-46)72-61-28-20-26-51(63(61)71-65(72)56-41-50(67(4,5)6)42-58(64(56)73)68(7,8)9)48-37-54-52-25-18-19-27-57(52)69(10,11)62(54)55(38-48)59-39-47(35-36-70-59)45-31-29-44(30-32-45)43-21-14-12-15-22-43/h12-42,73H,1-11H3. The van der Waals surface area contributed by atoms with Gasteiger partial charge >= 0.3 is 0 Å². The average molecular weight is 952 g/mol. The number of imidazole rings is 1. The topological polar surface area (TPSA) is 50.9 Å². The molecule has 1 aliphatic rings. The minimum absolute atomic E-state index is 0.0875. The van der Waals surface area contributed by atoms with Crippen molar-refractivity contribution in [1.29, 1.82) is 0 Å².